The summed E-state index contributed by atoms with van der Waals surface area (Å²) in [6, 6.07) is 5.74. The largest absolute Gasteiger partial charge is 0.393 e. The van der Waals surface area contributed by atoms with Crippen molar-refractivity contribution in [1.82, 2.24) is 4.90 Å². The van der Waals surface area contributed by atoms with Crippen molar-refractivity contribution >= 4 is 28.9 Å². The lowest BCUT2D eigenvalue weighted by molar-refractivity contribution is -0.139. The number of amides is 2. The summed E-state index contributed by atoms with van der Waals surface area (Å²) in [7, 11) is 0. The van der Waals surface area contributed by atoms with Crippen LogP contribution in [0.25, 0.3) is 4.85 Å². The minimum Gasteiger partial charge on any atom is -0.393 e. The number of aliphatic hydroxyl groups is 1. The van der Waals surface area contributed by atoms with Crippen LogP contribution in [-0.2, 0) is 9.59 Å². The Labute approximate surface area is 190 Å². The van der Waals surface area contributed by atoms with Crippen LogP contribution in [0, 0.1) is 17.9 Å². The number of rotatable bonds is 4. The fourth-order valence-corrected chi connectivity index (χ4v) is 5.53. The average Bonchev–Trinajstić information content (AvgIpc) is 3.09. The third kappa shape index (κ3) is 4.33. The van der Waals surface area contributed by atoms with E-state index in [0.29, 0.717) is 17.9 Å². The van der Waals surface area contributed by atoms with E-state index < -0.39 is 0 Å². The lowest BCUT2D eigenvalue weighted by Crippen LogP contribution is -2.50. The Morgan fingerprint density at radius 1 is 1.22 bits per heavy atom. The van der Waals surface area contributed by atoms with Gasteiger partial charge in [-0.3, -0.25) is 9.59 Å². The third-order valence-corrected chi connectivity index (χ3v) is 7.46. The molecule has 1 atom stereocenters. The number of likely N-dealkylation sites (tertiary alicyclic amines) is 1. The Bertz CT molecular complexity index is 916. The third-order valence-electron chi connectivity index (χ3n) is 7.46. The van der Waals surface area contributed by atoms with Crippen molar-refractivity contribution in [3.63, 3.8) is 0 Å². The highest BCUT2D eigenvalue weighted by molar-refractivity contribution is 5.93. The van der Waals surface area contributed by atoms with Crippen LogP contribution in [0.3, 0.4) is 0 Å². The summed E-state index contributed by atoms with van der Waals surface area (Å²) in [6.07, 6.45) is 5.79. The molecule has 7 heteroatoms. The molecule has 1 spiro atoms. The van der Waals surface area contributed by atoms with Gasteiger partial charge >= 0.3 is 0 Å². The van der Waals surface area contributed by atoms with E-state index in [4.69, 9.17) is 6.57 Å². The highest BCUT2D eigenvalue weighted by Gasteiger charge is 2.50. The summed E-state index contributed by atoms with van der Waals surface area (Å²) in [5, 5.41) is 12.7. The number of benzene rings is 1. The number of aliphatic hydroxyl groups excluding tert-OH is 1. The van der Waals surface area contributed by atoms with E-state index in [1.54, 1.807) is 6.07 Å². The molecule has 2 aliphatic heterocycles. The van der Waals surface area contributed by atoms with Crippen molar-refractivity contribution in [2.75, 3.05) is 29.9 Å². The van der Waals surface area contributed by atoms with Crippen molar-refractivity contribution in [1.29, 1.82) is 0 Å². The number of carbonyl (C=O) groups is 2. The minimum atomic E-state index is -0.377. The summed E-state index contributed by atoms with van der Waals surface area (Å²) >= 11 is 0. The lowest BCUT2D eigenvalue weighted by atomic mass is 9.78. The molecule has 2 N–H and O–H groups in total. The topological polar surface area (TPSA) is 77.2 Å². The molecule has 3 aliphatic rings. The van der Waals surface area contributed by atoms with Gasteiger partial charge in [-0.1, -0.05) is 13.8 Å². The maximum Gasteiger partial charge on any atom is 0.230 e. The molecule has 32 heavy (non-hydrogen) atoms. The van der Waals surface area contributed by atoms with Crippen molar-refractivity contribution < 1.29 is 14.7 Å². The van der Waals surface area contributed by atoms with Gasteiger partial charge in [-0.25, -0.2) is 4.85 Å². The number of hydrogen-bond acceptors (Lipinski definition) is 4. The van der Waals surface area contributed by atoms with Crippen molar-refractivity contribution in [3.8, 4) is 0 Å². The van der Waals surface area contributed by atoms with Gasteiger partial charge in [0.15, 0.2) is 0 Å². The van der Waals surface area contributed by atoms with Gasteiger partial charge in [0, 0.05) is 43.0 Å². The molecule has 172 valence electrons. The summed E-state index contributed by atoms with van der Waals surface area (Å²) < 4.78 is 0. The van der Waals surface area contributed by atoms with Crippen LogP contribution in [0.2, 0.25) is 0 Å². The van der Waals surface area contributed by atoms with E-state index in [1.165, 1.54) is 0 Å². The highest BCUT2D eigenvalue weighted by atomic mass is 16.3. The molecule has 7 nitrogen and oxygen atoms in total. The smallest absolute Gasteiger partial charge is 0.230 e. The van der Waals surface area contributed by atoms with E-state index >= 15 is 0 Å². The standard InChI is InChI=1S/C25H34N4O3/c1-17(2)23(31)27-18-5-10-22(21(15-18)26-3)28-13-4-11-25(16-28)12-14-29(24(25)32)19-6-8-20(30)9-7-19/h5,10,15,17,19-20,30H,4,6-9,11-14,16H2,1-2H3,(H,27,31)/t19-,20-,25-/m0/s1. The first-order valence-corrected chi connectivity index (χ1v) is 11.9. The van der Waals surface area contributed by atoms with Crippen LogP contribution in [-0.4, -0.2) is 53.6 Å². The van der Waals surface area contributed by atoms with Crippen molar-refractivity contribution in [3.05, 3.63) is 29.6 Å². The first-order valence-electron chi connectivity index (χ1n) is 11.9. The minimum absolute atomic E-state index is 0.0718. The van der Waals surface area contributed by atoms with E-state index in [0.717, 1.165) is 63.7 Å². The molecule has 1 aromatic rings. The second kappa shape index (κ2) is 9.11. The van der Waals surface area contributed by atoms with Crippen LogP contribution < -0.4 is 10.2 Å². The van der Waals surface area contributed by atoms with E-state index in [1.807, 2.05) is 26.0 Å². The van der Waals surface area contributed by atoms with E-state index in [2.05, 4.69) is 20.0 Å². The molecule has 3 fully saturated rings. The first kappa shape index (κ1) is 22.6. The van der Waals surface area contributed by atoms with Gasteiger partial charge in [-0.2, -0.15) is 0 Å². The SMILES string of the molecule is [C-]#[N+]c1cc(NC(=O)C(C)C)ccc1N1CCC[C@]2(CCN([C@H]3CC[C@H](O)CC3)C2=O)C1. The van der Waals surface area contributed by atoms with E-state index in [-0.39, 0.29) is 35.3 Å². The summed E-state index contributed by atoms with van der Waals surface area (Å²) in [4.78, 5) is 33.6. The predicted octanol–water partition coefficient (Wildman–Crippen LogP) is 3.95. The maximum atomic E-state index is 13.6. The van der Waals surface area contributed by atoms with Crippen LogP contribution in [0.4, 0.5) is 17.1 Å². The number of carbonyl (C=O) groups excluding carboxylic acids is 2. The maximum absolute atomic E-state index is 13.6. The van der Waals surface area contributed by atoms with Crippen molar-refractivity contribution in [2.24, 2.45) is 11.3 Å². The van der Waals surface area contributed by atoms with Crippen LogP contribution >= 0.6 is 0 Å². The predicted molar refractivity (Wildman–Crippen MR) is 125 cm³/mol. The first-order chi connectivity index (χ1) is 15.3. The van der Waals surface area contributed by atoms with Gasteiger partial charge in [0.05, 0.1) is 18.1 Å². The summed E-state index contributed by atoms with van der Waals surface area (Å²) in [5.74, 6) is 0.0584. The molecule has 2 saturated heterocycles. The molecule has 0 aromatic heterocycles. The highest BCUT2D eigenvalue weighted by Crippen LogP contribution is 2.45. The second-order valence-electron chi connectivity index (χ2n) is 9.98. The van der Waals surface area contributed by atoms with E-state index in [9.17, 15) is 14.7 Å². The molecule has 2 heterocycles. The Hall–Kier alpha value is -2.59. The number of nitrogens with zero attached hydrogens (tertiary/aromatic N) is 3. The van der Waals surface area contributed by atoms with Gasteiger partial charge in [0.2, 0.25) is 17.5 Å². The molecule has 0 radical (unpaired) electrons. The Balaban J connectivity index is 1.50. The van der Waals surface area contributed by atoms with Gasteiger partial charge in [-0.15, -0.1) is 0 Å². The van der Waals surface area contributed by atoms with Crippen LogP contribution in [0.15, 0.2) is 18.2 Å². The molecular weight excluding hydrogens is 404 g/mol. The van der Waals surface area contributed by atoms with Gasteiger partial charge in [-0.05, 0) is 63.1 Å². The summed E-state index contributed by atoms with van der Waals surface area (Å²) in [5.41, 5.74) is 1.60. The number of piperidine rings is 1. The molecule has 1 aromatic carbocycles. The fraction of sp³-hybridized carbons (Fsp3) is 0.640. The molecule has 4 rings (SSSR count). The normalized spacial score (nSPS) is 28.3. The second-order valence-corrected chi connectivity index (χ2v) is 9.98. The fourth-order valence-electron chi connectivity index (χ4n) is 5.53. The lowest BCUT2D eigenvalue weighted by Gasteiger charge is -2.42. The average molecular weight is 439 g/mol. The Morgan fingerprint density at radius 3 is 2.66 bits per heavy atom. The zero-order chi connectivity index (χ0) is 22.9. The van der Waals surface area contributed by atoms with Gasteiger partial charge in [0.1, 0.15) is 0 Å². The number of hydrogen-bond donors (Lipinski definition) is 2. The zero-order valence-corrected chi connectivity index (χ0v) is 19.1. The number of anilines is 2. The molecule has 0 bridgehead atoms. The zero-order valence-electron chi connectivity index (χ0n) is 19.1. The molecule has 1 aliphatic carbocycles. The Morgan fingerprint density at radius 2 is 1.97 bits per heavy atom. The van der Waals surface area contributed by atoms with Gasteiger partial charge in [0.25, 0.3) is 0 Å². The summed E-state index contributed by atoms with van der Waals surface area (Å²) in [6.45, 7) is 13.6. The Kier molecular flexibility index (Phi) is 6.43. The van der Waals surface area contributed by atoms with Crippen LogP contribution in [0.5, 0.6) is 0 Å². The van der Waals surface area contributed by atoms with Crippen LogP contribution in [0.1, 0.15) is 58.8 Å². The van der Waals surface area contributed by atoms with Crippen molar-refractivity contribution in [2.45, 2.75) is 70.9 Å². The molecule has 1 saturated carbocycles. The number of nitrogens with one attached hydrogen (secondary N) is 1. The molecule has 2 amide bonds. The quantitative estimate of drug-likeness (QED) is 0.698. The van der Waals surface area contributed by atoms with Gasteiger partial charge < -0.3 is 20.2 Å². The monoisotopic (exact) mass is 438 g/mol. The molecular formula is C25H34N4O3. The molecule has 0 unspecified atom stereocenters.